The number of amides is 1. The Labute approximate surface area is 145 Å². The van der Waals surface area contributed by atoms with Gasteiger partial charge in [0.25, 0.3) is 5.91 Å². The Morgan fingerprint density at radius 1 is 0.960 bits per heavy atom. The highest BCUT2D eigenvalue weighted by Gasteiger charge is 2.36. The minimum Gasteiger partial charge on any atom is -0.341 e. The molecule has 0 saturated heterocycles. The number of ketones is 1. The number of nitrogens with one attached hydrogen (secondary N) is 1. The van der Waals surface area contributed by atoms with Gasteiger partial charge in [0.1, 0.15) is 11.9 Å². The molecule has 0 saturated carbocycles. The molecule has 0 heterocycles. The maximum atomic E-state index is 12.9. The molecule has 0 aliphatic heterocycles. The molecule has 25 heavy (non-hydrogen) atoms. The highest BCUT2D eigenvalue weighted by molar-refractivity contribution is 6.30. The van der Waals surface area contributed by atoms with E-state index in [1.165, 1.54) is 24.3 Å². The van der Waals surface area contributed by atoms with Gasteiger partial charge < -0.3 is 5.32 Å². The van der Waals surface area contributed by atoms with Crippen LogP contribution >= 0.6 is 11.6 Å². The first-order valence-corrected chi connectivity index (χ1v) is 7.46. The largest absolute Gasteiger partial charge is 0.391 e. The summed E-state index contributed by atoms with van der Waals surface area (Å²) in [5, 5.41) is 2.43. The molecule has 0 aliphatic carbocycles. The van der Waals surface area contributed by atoms with Crippen molar-refractivity contribution in [1.82, 2.24) is 5.32 Å². The maximum Gasteiger partial charge on any atom is 0.391 e. The van der Waals surface area contributed by atoms with E-state index in [4.69, 9.17) is 11.6 Å². The van der Waals surface area contributed by atoms with Crippen molar-refractivity contribution in [2.45, 2.75) is 18.6 Å². The molecule has 1 unspecified atom stereocenters. The average Bonchev–Trinajstić information content (AvgIpc) is 2.53. The van der Waals surface area contributed by atoms with Crippen LogP contribution in [0.1, 0.15) is 27.1 Å². The lowest BCUT2D eigenvalue weighted by Gasteiger charge is -2.19. The molecule has 1 amide bonds. The van der Waals surface area contributed by atoms with Gasteiger partial charge in [-0.05, 0) is 48.5 Å². The second-order valence-electron chi connectivity index (χ2n) is 5.22. The third-order valence-electron chi connectivity index (χ3n) is 3.29. The molecular formula is C17H12ClF4NO2. The monoisotopic (exact) mass is 373 g/mol. The summed E-state index contributed by atoms with van der Waals surface area (Å²) < 4.78 is 51.2. The van der Waals surface area contributed by atoms with Gasteiger partial charge in [-0.3, -0.25) is 9.59 Å². The molecule has 132 valence electrons. The van der Waals surface area contributed by atoms with E-state index >= 15 is 0 Å². The van der Waals surface area contributed by atoms with Crippen LogP contribution in [0.2, 0.25) is 5.02 Å². The van der Waals surface area contributed by atoms with E-state index in [0.29, 0.717) is 5.02 Å². The van der Waals surface area contributed by atoms with E-state index < -0.39 is 36.1 Å². The fourth-order valence-corrected chi connectivity index (χ4v) is 2.22. The lowest BCUT2D eigenvalue weighted by atomic mass is 10.0. The fourth-order valence-electron chi connectivity index (χ4n) is 2.10. The number of hydrogen-bond donors (Lipinski definition) is 1. The van der Waals surface area contributed by atoms with Crippen LogP contribution in [0.4, 0.5) is 17.6 Å². The molecule has 0 spiro atoms. The van der Waals surface area contributed by atoms with Crippen LogP contribution in [0.15, 0.2) is 48.5 Å². The lowest BCUT2D eigenvalue weighted by Crippen LogP contribution is -2.43. The standard InChI is InChI=1S/C17H12ClF4NO2/c18-12-5-1-11(2-6-12)16(25)23-14(9-17(20,21)22)15(24)10-3-7-13(19)8-4-10/h1-8,14H,9H2,(H,23,25). The fraction of sp³-hybridized carbons (Fsp3) is 0.176. The number of halogens is 5. The van der Waals surface area contributed by atoms with E-state index in [1.54, 1.807) is 0 Å². The number of rotatable bonds is 5. The van der Waals surface area contributed by atoms with Crippen LogP contribution in [-0.4, -0.2) is 23.9 Å². The molecule has 0 radical (unpaired) electrons. The molecule has 3 nitrogen and oxygen atoms in total. The Hall–Kier alpha value is -2.41. The summed E-state index contributed by atoms with van der Waals surface area (Å²) in [4.78, 5) is 24.4. The average molecular weight is 374 g/mol. The smallest absolute Gasteiger partial charge is 0.341 e. The quantitative estimate of drug-likeness (QED) is 0.623. The van der Waals surface area contributed by atoms with Crippen molar-refractivity contribution in [2.75, 3.05) is 0 Å². The lowest BCUT2D eigenvalue weighted by molar-refractivity contribution is -0.137. The molecule has 0 aromatic heterocycles. The highest BCUT2D eigenvalue weighted by Crippen LogP contribution is 2.24. The predicted molar refractivity (Wildman–Crippen MR) is 84.1 cm³/mol. The van der Waals surface area contributed by atoms with Gasteiger partial charge in [-0.25, -0.2) is 4.39 Å². The van der Waals surface area contributed by atoms with Crippen LogP contribution in [-0.2, 0) is 0 Å². The number of benzene rings is 2. The Kier molecular flexibility index (Phi) is 5.79. The van der Waals surface area contributed by atoms with E-state index in [-0.39, 0.29) is 11.1 Å². The zero-order chi connectivity index (χ0) is 18.6. The summed E-state index contributed by atoms with van der Waals surface area (Å²) in [6, 6.07) is 7.67. The number of carbonyl (C=O) groups is 2. The van der Waals surface area contributed by atoms with Gasteiger partial charge in [0.2, 0.25) is 0 Å². The van der Waals surface area contributed by atoms with Gasteiger partial charge in [-0.15, -0.1) is 0 Å². The molecule has 1 atom stereocenters. The van der Waals surface area contributed by atoms with Crippen LogP contribution in [0, 0.1) is 5.82 Å². The van der Waals surface area contributed by atoms with Gasteiger partial charge in [0, 0.05) is 16.1 Å². The Balaban J connectivity index is 2.23. The number of Topliss-reactive ketones (excluding diaryl/α,β-unsaturated/α-hetero) is 1. The van der Waals surface area contributed by atoms with Gasteiger partial charge in [-0.1, -0.05) is 11.6 Å². The summed E-state index contributed by atoms with van der Waals surface area (Å²) in [6.07, 6.45) is -6.21. The molecule has 2 aromatic carbocycles. The summed E-state index contributed by atoms with van der Waals surface area (Å²) in [5.41, 5.74) is -0.0736. The highest BCUT2D eigenvalue weighted by atomic mass is 35.5. The minimum atomic E-state index is -4.67. The van der Waals surface area contributed by atoms with E-state index in [0.717, 1.165) is 24.3 Å². The van der Waals surface area contributed by atoms with E-state index in [1.807, 2.05) is 0 Å². The molecular weight excluding hydrogens is 362 g/mol. The van der Waals surface area contributed by atoms with Gasteiger partial charge >= 0.3 is 6.18 Å². The molecule has 0 bridgehead atoms. The van der Waals surface area contributed by atoms with Crippen molar-refractivity contribution in [3.8, 4) is 0 Å². The third kappa shape index (κ3) is 5.56. The number of carbonyl (C=O) groups excluding carboxylic acids is 2. The van der Waals surface area contributed by atoms with Crippen LogP contribution in [0.5, 0.6) is 0 Å². The summed E-state index contributed by atoms with van der Waals surface area (Å²) in [5.74, 6) is -2.44. The second-order valence-corrected chi connectivity index (χ2v) is 5.66. The third-order valence-corrected chi connectivity index (χ3v) is 3.54. The van der Waals surface area contributed by atoms with Gasteiger partial charge in [0.15, 0.2) is 5.78 Å². The van der Waals surface area contributed by atoms with Crippen molar-refractivity contribution < 1.29 is 27.2 Å². The normalized spacial score (nSPS) is 12.5. The summed E-state index contributed by atoms with van der Waals surface area (Å²) in [6.45, 7) is 0. The Morgan fingerprint density at radius 3 is 2.00 bits per heavy atom. The zero-order valence-electron chi connectivity index (χ0n) is 12.6. The van der Waals surface area contributed by atoms with Crippen molar-refractivity contribution in [3.05, 3.63) is 70.5 Å². The van der Waals surface area contributed by atoms with Gasteiger partial charge in [0.05, 0.1) is 6.42 Å². The summed E-state index contributed by atoms with van der Waals surface area (Å²) in [7, 11) is 0. The van der Waals surface area contributed by atoms with Crippen molar-refractivity contribution in [2.24, 2.45) is 0 Å². The molecule has 8 heteroatoms. The first kappa shape index (κ1) is 18.9. The molecule has 0 aliphatic rings. The van der Waals surface area contributed by atoms with Crippen molar-refractivity contribution in [1.29, 1.82) is 0 Å². The topological polar surface area (TPSA) is 46.2 Å². The second kappa shape index (κ2) is 7.65. The first-order valence-electron chi connectivity index (χ1n) is 7.09. The summed E-state index contributed by atoms with van der Waals surface area (Å²) >= 11 is 5.69. The Morgan fingerprint density at radius 2 is 1.48 bits per heavy atom. The van der Waals surface area contributed by atoms with E-state index in [9.17, 15) is 27.2 Å². The van der Waals surface area contributed by atoms with E-state index in [2.05, 4.69) is 5.32 Å². The van der Waals surface area contributed by atoms with Gasteiger partial charge in [-0.2, -0.15) is 13.2 Å². The molecule has 2 aromatic rings. The number of alkyl halides is 3. The Bertz CT molecular complexity index is 758. The van der Waals surface area contributed by atoms with Crippen LogP contribution in [0.3, 0.4) is 0 Å². The molecule has 1 N–H and O–H groups in total. The maximum absolute atomic E-state index is 12.9. The molecule has 2 rings (SSSR count). The molecule has 0 fully saturated rings. The SMILES string of the molecule is O=C(NC(CC(F)(F)F)C(=O)c1ccc(F)cc1)c1ccc(Cl)cc1. The minimum absolute atomic E-state index is 0.0588. The van der Waals surface area contributed by atoms with Crippen LogP contribution in [0.25, 0.3) is 0 Å². The van der Waals surface area contributed by atoms with Crippen LogP contribution < -0.4 is 5.32 Å². The first-order chi connectivity index (χ1) is 11.7. The predicted octanol–water partition coefficient (Wildman–Crippen LogP) is 4.41. The van der Waals surface area contributed by atoms with Crippen molar-refractivity contribution in [3.63, 3.8) is 0 Å². The zero-order valence-corrected chi connectivity index (χ0v) is 13.4. The van der Waals surface area contributed by atoms with Crippen molar-refractivity contribution >= 4 is 23.3 Å². The number of hydrogen-bond acceptors (Lipinski definition) is 2.